The van der Waals surface area contributed by atoms with Gasteiger partial charge >= 0.3 is 5.97 Å². The minimum absolute atomic E-state index is 0.0405. The van der Waals surface area contributed by atoms with Gasteiger partial charge in [0, 0.05) is 11.8 Å². The van der Waals surface area contributed by atoms with Crippen molar-refractivity contribution < 1.29 is 14.3 Å². The van der Waals surface area contributed by atoms with Crippen LogP contribution in [0.2, 0.25) is 0 Å². The van der Waals surface area contributed by atoms with Crippen LogP contribution in [-0.4, -0.2) is 18.9 Å². The number of allylic oxidation sites excluding steroid dienone is 1. The molecule has 0 radical (unpaired) electrons. The molecule has 0 amide bonds. The van der Waals surface area contributed by atoms with E-state index >= 15 is 0 Å². The highest BCUT2D eigenvalue weighted by molar-refractivity contribution is 5.85. The number of hydrogen-bond donors (Lipinski definition) is 0. The molecule has 5 aliphatic carbocycles. The van der Waals surface area contributed by atoms with Crippen molar-refractivity contribution in [3.05, 3.63) is 12.2 Å². The largest absolute Gasteiger partial charge is 0.469 e. The van der Waals surface area contributed by atoms with Gasteiger partial charge in [-0.05, 0) is 111 Å². The van der Waals surface area contributed by atoms with Gasteiger partial charge in [0.05, 0.1) is 12.5 Å². The van der Waals surface area contributed by atoms with Gasteiger partial charge in [0.15, 0.2) is 0 Å². The van der Waals surface area contributed by atoms with Crippen molar-refractivity contribution in [2.75, 3.05) is 7.11 Å². The van der Waals surface area contributed by atoms with Crippen LogP contribution in [0, 0.1) is 56.7 Å². The number of fused-ring (bicyclic) bond motifs is 7. The van der Waals surface area contributed by atoms with Crippen LogP contribution in [0.25, 0.3) is 0 Å². The van der Waals surface area contributed by atoms with Crippen LogP contribution in [0.3, 0.4) is 0 Å². The molecule has 34 heavy (non-hydrogen) atoms. The van der Waals surface area contributed by atoms with E-state index in [1.54, 1.807) is 7.11 Å². The van der Waals surface area contributed by atoms with Crippen molar-refractivity contribution in [2.24, 2.45) is 56.7 Å². The zero-order chi connectivity index (χ0) is 24.9. The lowest BCUT2D eigenvalue weighted by Crippen LogP contribution is -2.66. The van der Waals surface area contributed by atoms with Gasteiger partial charge in [-0.15, -0.1) is 0 Å². The van der Waals surface area contributed by atoms with Gasteiger partial charge in [0.2, 0.25) is 0 Å². The van der Waals surface area contributed by atoms with Crippen molar-refractivity contribution in [1.82, 2.24) is 0 Å². The summed E-state index contributed by atoms with van der Waals surface area (Å²) in [6, 6.07) is 0. The number of rotatable bonds is 2. The molecule has 0 aromatic carbocycles. The normalized spacial score (nSPS) is 51.5. The second kappa shape index (κ2) is 7.45. The first-order chi connectivity index (χ1) is 15.8. The summed E-state index contributed by atoms with van der Waals surface area (Å²) < 4.78 is 5.49. The summed E-state index contributed by atoms with van der Waals surface area (Å²) in [4.78, 5) is 26.3. The van der Waals surface area contributed by atoms with E-state index in [0.29, 0.717) is 35.4 Å². The highest BCUT2D eigenvalue weighted by Gasteiger charge is 2.72. The third-order valence-electron chi connectivity index (χ3n) is 13.4. The van der Waals surface area contributed by atoms with Crippen LogP contribution in [0.15, 0.2) is 12.2 Å². The Kier molecular flexibility index (Phi) is 5.38. The average Bonchev–Trinajstić information content (AvgIpc) is 3.18. The van der Waals surface area contributed by atoms with E-state index < -0.39 is 0 Å². The molecular weight excluding hydrogens is 420 g/mol. The van der Waals surface area contributed by atoms with Crippen LogP contribution >= 0.6 is 0 Å². The fraction of sp³-hybridized carbons (Fsp3) is 0.871. The maximum atomic E-state index is 13.3. The van der Waals surface area contributed by atoms with Crippen LogP contribution < -0.4 is 0 Å². The van der Waals surface area contributed by atoms with Crippen molar-refractivity contribution in [3.8, 4) is 0 Å². The SMILES string of the molecule is C=C(C)[C@@H]1CCC2(C(=O)OC)CC[C@]3(C)[C@H](CC[C@@H]4[C@@]5(C)CCC(=O)C(C)(C)[C@@H]5CC[C@]43C)[C@@H]12. The molecule has 5 aliphatic rings. The van der Waals surface area contributed by atoms with Gasteiger partial charge in [0.25, 0.3) is 0 Å². The molecule has 0 spiro atoms. The Labute approximate surface area is 207 Å². The summed E-state index contributed by atoms with van der Waals surface area (Å²) in [5.41, 5.74) is 1.45. The third-order valence-corrected chi connectivity index (χ3v) is 13.4. The third kappa shape index (κ3) is 2.76. The number of ether oxygens (including phenoxy) is 1. The number of Topliss-reactive ketones (excluding diaryl/α,β-unsaturated/α-hetero) is 1. The minimum Gasteiger partial charge on any atom is -0.469 e. The van der Waals surface area contributed by atoms with E-state index in [9.17, 15) is 9.59 Å². The number of methoxy groups -OCH3 is 1. The van der Waals surface area contributed by atoms with E-state index in [4.69, 9.17) is 4.74 Å². The zero-order valence-electron chi connectivity index (χ0n) is 22.9. The van der Waals surface area contributed by atoms with Crippen LogP contribution in [0.5, 0.6) is 0 Å². The van der Waals surface area contributed by atoms with E-state index in [-0.39, 0.29) is 33.0 Å². The molecule has 0 N–H and O–H groups in total. The Hall–Kier alpha value is -1.12. The molecule has 1 unspecified atom stereocenters. The maximum absolute atomic E-state index is 13.3. The fourth-order valence-electron chi connectivity index (χ4n) is 11.5. The lowest BCUT2D eigenvalue weighted by Gasteiger charge is -2.72. The molecule has 0 bridgehead atoms. The highest BCUT2D eigenvalue weighted by Crippen LogP contribution is 2.77. The number of carbonyl (C=O) groups excluding carboxylic acids is 2. The van der Waals surface area contributed by atoms with Gasteiger partial charge in [-0.25, -0.2) is 0 Å². The van der Waals surface area contributed by atoms with Gasteiger partial charge in [-0.2, -0.15) is 0 Å². The maximum Gasteiger partial charge on any atom is 0.312 e. The Morgan fingerprint density at radius 1 is 0.882 bits per heavy atom. The average molecular weight is 469 g/mol. The second-order valence-electron chi connectivity index (χ2n) is 14.5. The quantitative estimate of drug-likeness (QED) is 0.313. The molecule has 3 heteroatoms. The molecule has 0 saturated heterocycles. The Balaban J connectivity index is 1.57. The van der Waals surface area contributed by atoms with Crippen molar-refractivity contribution in [3.63, 3.8) is 0 Å². The minimum atomic E-state index is -0.313. The summed E-state index contributed by atoms with van der Waals surface area (Å²) >= 11 is 0. The summed E-state index contributed by atoms with van der Waals surface area (Å²) in [5.74, 6) is 3.01. The van der Waals surface area contributed by atoms with Crippen molar-refractivity contribution >= 4 is 11.8 Å². The van der Waals surface area contributed by atoms with E-state index in [1.807, 2.05) is 0 Å². The number of hydrogen-bond acceptors (Lipinski definition) is 3. The first-order valence-electron chi connectivity index (χ1n) is 14.1. The molecule has 0 heterocycles. The van der Waals surface area contributed by atoms with Crippen molar-refractivity contribution in [1.29, 1.82) is 0 Å². The van der Waals surface area contributed by atoms with Gasteiger partial charge in [-0.3, -0.25) is 9.59 Å². The molecule has 5 rings (SSSR count). The zero-order valence-corrected chi connectivity index (χ0v) is 22.9. The molecule has 3 nitrogen and oxygen atoms in total. The first kappa shape index (κ1) is 24.6. The summed E-state index contributed by atoms with van der Waals surface area (Å²) in [6.45, 7) is 18.8. The summed E-state index contributed by atoms with van der Waals surface area (Å²) in [7, 11) is 1.59. The number of carbonyl (C=O) groups is 2. The number of esters is 1. The predicted molar refractivity (Wildman–Crippen MR) is 136 cm³/mol. The lowest BCUT2D eigenvalue weighted by atomic mass is 9.32. The molecule has 0 aromatic heterocycles. The highest BCUT2D eigenvalue weighted by atomic mass is 16.5. The molecule has 5 fully saturated rings. The Morgan fingerprint density at radius 2 is 1.59 bits per heavy atom. The van der Waals surface area contributed by atoms with Crippen LogP contribution in [-0.2, 0) is 14.3 Å². The van der Waals surface area contributed by atoms with Gasteiger partial charge in [-0.1, -0.05) is 46.8 Å². The van der Waals surface area contributed by atoms with E-state index in [2.05, 4.69) is 48.1 Å². The molecule has 0 aromatic rings. The smallest absolute Gasteiger partial charge is 0.312 e. The summed E-state index contributed by atoms with van der Waals surface area (Å²) in [6.07, 6.45) is 10.8. The Morgan fingerprint density at radius 3 is 2.24 bits per heavy atom. The van der Waals surface area contributed by atoms with E-state index in [0.717, 1.165) is 38.5 Å². The van der Waals surface area contributed by atoms with Gasteiger partial charge < -0.3 is 4.74 Å². The van der Waals surface area contributed by atoms with Crippen molar-refractivity contribution in [2.45, 2.75) is 106 Å². The molecule has 9 atom stereocenters. The Bertz CT molecular complexity index is 918. The predicted octanol–water partition coefficient (Wildman–Crippen LogP) is 7.39. The van der Waals surface area contributed by atoms with Crippen LogP contribution in [0.1, 0.15) is 106 Å². The molecule has 0 aliphatic heterocycles. The van der Waals surface area contributed by atoms with Crippen LogP contribution in [0.4, 0.5) is 0 Å². The fourth-order valence-corrected chi connectivity index (χ4v) is 11.5. The molecule has 190 valence electrons. The first-order valence-corrected chi connectivity index (χ1v) is 14.1. The standard InChI is InChI=1S/C31H48O3/c1-19(2)20-11-16-31(26(33)34-8)18-17-29(6)21(25(20)31)9-10-23-28(5)14-13-24(32)27(3,4)22(28)12-15-30(23,29)7/h20-23,25H,1,9-18H2,2-8H3/t20-,21+,22-,23+,25+,28-,29+,30+,31?/m0/s1. The topological polar surface area (TPSA) is 43.4 Å². The molecule has 5 saturated carbocycles. The monoisotopic (exact) mass is 468 g/mol. The molecular formula is C31H48O3. The lowest BCUT2D eigenvalue weighted by molar-refractivity contribution is -0.235. The second-order valence-corrected chi connectivity index (χ2v) is 14.5. The van der Waals surface area contributed by atoms with Gasteiger partial charge in [0.1, 0.15) is 5.78 Å². The number of ketones is 1. The summed E-state index contributed by atoms with van der Waals surface area (Å²) in [5, 5.41) is 0. The van der Waals surface area contributed by atoms with E-state index in [1.165, 1.54) is 31.3 Å².